The van der Waals surface area contributed by atoms with Gasteiger partial charge >= 0.3 is 0 Å². The Balaban J connectivity index is 1.69. The van der Waals surface area contributed by atoms with Crippen LogP contribution < -0.4 is 14.8 Å². The highest BCUT2D eigenvalue weighted by Gasteiger charge is 2.26. The van der Waals surface area contributed by atoms with Crippen molar-refractivity contribution in [2.75, 3.05) is 32.8 Å². The van der Waals surface area contributed by atoms with E-state index in [0.717, 1.165) is 34.7 Å². The Hall–Kier alpha value is -2.84. The summed E-state index contributed by atoms with van der Waals surface area (Å²) >= 11 is 1.57. The molecule has 0 unspecified atom stereocenters. The number of nitrogens with one attached hydrogen (secondary N) is 2. The van der Waals surface area contributed by atoms with E-state index in [0.29, 0.717) is 36.8 Å². The molecule has 0 aliphatic carbocycles. The lowest BCUT2D eigenvalue weighted by molar-refractivity contribution is -0.115. The standard InChI is InChI=1S/C22H25N3O4S/c1-27-17-6-5-15(12-18(17)28-2)21-22(23-19(26)13-16-4-3-11-30-16)20(24-25-21)14-7-9-29-10-8-14/h3-6,11-12,14H,7-10,13H2,1-2H3,(H,23,26)(H,24,25). The van der Waals surface area contributed by atoms with E-state index in [4.69, 9.17) is 14.2 Å². The molecule has 3 heterocycles. The summed E-state index contributed by atoms with van der Waals surface area (Å²) in [6, 6.07) is 9.55. The molecule has 3 aromatic rings. The Labute approximate surface area is 179 Å². The number of hydrogen-bond acceptors (Lipinski definition) is 6. The highest BCUT2D eigenvalue weighted by atomic mass is 32.1. The minimum Gasteiger partial charge on any atom is -0.493 e. The van der Waals surface area contributed by atoms with Crippen molar-refractivity contribution in [3.05, 3.63) is 46.3 Å². The fraction of sp³-hybridized carbons (Fsp3) is 0.364. The van der Waals surface area contributed by atoms with E-state index in [9.17, 15) is 4.79 Å². The van der Waals surface area contributed by atoms with Crippen LogP contribution in [-0.2, 0) is 16.0 Å². The first kappa shape index (κ1) is 20.4. The van der Waals surface area contributed by atoms with Crippen LogP contribution in [0, 0.1) is 0 Å². The van der Waals surface area contributed by atoms with Gasteiger partial charge in [0.25, 0.3) is 0 Å². The normalized spacial score (nSPS) is 14.5. The predicted octanol–water partition coefficient (Wildman–Crippen LogP) is 4.23. The van der Waals surface area contributed by atoms with E-state index >= 15 is 0 Å². The topological polar surface area (TPSA) is 85.5 Å². The van der Waals surface area contributed by atoms with Crippen LogP contribution in [-0.4, -0.2) is 43.5 Å². The highest BCUT2D eigenvalue weighted by Crippen LogP contribution is 2.39. The number of nitrogens with zero attached hydrogens (tertiary/aromatic N) is 1. The summed E-state index contributed by atoms with van der Waals surface area (Å²) in [7, 11) is 3.20. The van der Waals surface area contributed by atoms with Crippen LogP contribution in [0.25, 0.3) is 11.3 Å². The predicted molar refractivity (Wildman–Crippen MR) is 117 cm³/mol. The summed E-state index contributed by atoms with van der Waals surface area (Å²) in [5, 5.41) is 12.8. The molecule has 1 aromatic carbocycles. The van der Waals surface area contributed by atoms with Gasteiger partial charge in [0.2, 0.25) is 5.91 Å². The molecule has 0 saturated carbocycles. The first-order valence-corrected chi connectivity index (χ1v) is 10.8. The summed E-state index contributed by atoms with van der Waals surface area (Å²) in [6.07, 6.45) is 2.12. The lowest BCUT2D eigenvalue weighted by atomic mass is 9.94. The molecule has 1 saturated heterocycles. The van der Waals surface area contributed by atoms with Gasteiger partial charge in [-0.3, -0.25) is 9.89 Å². The maximum atomic E-state index is 12.8. The number of carbonyl (C=O) groups excluding carboxylic acids is 1. The van der Waals surface area contributed by atoms with E-state index in [1.54, 1.807) is 25.6 Å². The molecule has 2 aromatic heterocycles. The molecule has 1 fully saturated rings. The molecule has 0 atom stereocenters. The van der Waals surface area contributed by atoms with Gasteiger partial charge in [-0.15, -0.1) is 11.3 Å². The van der Waals surface area contributed by atoms with E-state index in [-0.39, 0.29) is 11.8 Å². The molecule has 1 amide bonds. The minimum absolute atomic E-state index is 0.0612. The Kier molecular flexibility index (Phi) is 6.35. The van der Waals surface area contributed by atoms with Gasteiger partial charge in [-0.25, -0.2) is 0 Å². The number of rotatable bonds is 7. The van der Waals surface area contributed by atoms with Crippen LogP contribution in [0.4, 0.5) is 5.69 Å². The van der Waals surface area contributed by atoms with Gasteiger partial charge < -0.3 is 19.5 Å². The van der Waals surface area contributed by atoms with Crippen molar-refractivity contribution < 1.29 is 19.0 Å². The average Bonchev–Trinajstić information content (AvgIpc) is 3.44. The summed E-state index contributed by atoms with van der Waals surface area (Å²) in [4.78, 5) is 13.8. The number of methoxy groups -OCH3 is 2. The van der Waals surface area contributed by atoms with E-state index in [2.05, 4.69) is 15.5 Å². The number of hydrogen-bond donors (Lipinski definition) is 2. The molecule has 4 rings (SSSR count). The average molecular weight is 428 g/mol. The number of amides is 1. The molecule has 30 heavy (non-hydrogen) atoms. The van der Waals surface area contributed by atoms with E-state index in [1.807, 2.05) is 35.7 Å². The summed E-state index contributed by atoms with van der Waals surface area (Å²) in [6.45, 7) is 1.41. The molecule has 0 bridgehead atoms. The Morgan fingerprint density at radius 2 is 2.03 bits per heavy atom. The maximum Gasteiger partial charge on any atom is 0.229 e. The van der Waals surface area contributed by atoms with Gasteiger partial charge in [0.15, 0.2) is 11.5 Å². The molecular weight excluding hydrogens is 402 g/mol. The molecule has 0 spiro atoms. The van der Waals surface area contributed by atoms with Crippen LogP contribution in [0.2, 0.25) is 0 Å². The Morgan fingerprint density at radius 3 is 2.73 bits per heavy atom. The van der Waals surface area contributed by atoms with Crippen LogP contribution in [0.3, 0.4) is 0 Å². The summed E-state index contributed by atoms with van der Waals surface area (Å²) in [5.74, 6) is 1.46. The second-order valence-electron chi connectivity index (χ2n) is 7.12. The number of carbonyl (C=O) groups is 1. The molecule has 8 heteroatoms. The summed E-state index contributed by atoms with van der Waals surface area (Å²) in [5.41, 5.74) is 3.21. The van der Waals surface area contributed by atoms with Gasteiger partial charge in [0.1, 0.15) is 5.69 Å². The third kappa shape index (κ3) is 4.34. The van der Waals surface area contributed by atoms with Gasteiger partial charge in [0, 0.05) is 29.6 Å². The maximum absolute atomic E-state index is 12.8. The van der Waals surface area contributed by atoms with Gasteiger partial charge in [0.05, 0.1) is 32.0 Å². The Morgan fingerprint density at radius 1 is 1.23 bits per heavy atom. The van der Waals surface area contributed by atoms with Crippen molar-refractivity contribution in [1.82, 2.24) is 10.2 Å². The van der Waals surface area contributed by atoms with Crippen molar-refractivity contribution in [1.29, 1.82) is 0 Å². The zero-order valence-electron chi connectivity index (χ0n) is 17.1. The van der Waals surface area contributed by atoms with Crippen molar-refractivity contribution in [2.24, 2.45) is 0 Å². The third-order valence-electron chi connectivity index (χ3n) is 5.26. The third-order valence-corrected chi connectivity index (χ3v) is 6.14. The second kappa shape index (κ2) is 9.32. The van der Waals surface area contributed by atoms with Crippen LogP contribution in [0.5, 0.6) is 11.5 Å². The van der Waals surface area contributed by atoms with Crippen molar-refractivity contribution in [3.63, 3.8) is 0 Å². The van der Waals surface area contributed by atoms with Gasteiger partial charge in [-0.2, -0.15) is 5.10 Å². The van der Waals surface area contributed by atoms with Crippen molar-refractivity contribution in [3.8, 4) is 22.8 Å². The van der Waals surface area contributed by atoms with Crippen molar-refractivity contribution in [2.45, 2.75) is 25.2 Å². The number of thiophene rings is 1. The number of benzene rings is 1. The van der Waals surface area contributed by atoms with Crippen LogP contribution in [0.1, 0.15) is 29.3 Å². The quantitative estimate of drug-likeness (QED) is 0.589. The molecule has 7 nitrogen and oxygen atoms in total. The number of ether oxygens (including phenoxy) is 3. The van der Waals surface area contributed by atoms with E-state index < -0.39 is 0 Å². The molecule has 1 aliphatic rings. The molecule has 158 valence electrons. The first-order valence-electron chi connectivity index (χ1n) is 9.90. The van der Waals surface area contributed by atoms with Gasteiger partial charge in [-0.1, -0.05) is 6.07 Å². The minimum atomic E-state index is -0.0612. The number of H-pyrrole nitrogens is 1. The number of anilines is 1. The zero-order chi connectivity index (χ0) is 20.9. The summed E-state index contributed by atoms with van der Waals surface area (Å²) < 4.78 is 16.3. The number of aromatic amines is 1. The smallest absolute Gasteiger partial charge is 0.229 e. The van der Waals surface area contributed by atoms with Crippen LogP contribution in [0.15, 0.2) is 35.7 Å². The fourth-order valence-corrected chi connectivity index (χ4v) is 4.41. The molecule has 1 aliphatic heterocycles. The first-order chi connectivity index (χ1) is 14.7. The fourth-order valence-electron chi connectivity index (χ4n) is 3.71. The SMILES string of the molecule is COc1ccc(-c2n[nH]c(C3CCOCC3)c2NC(=O)Cc2cccs2)cc1OC. The molecular formula is C22H25N3O4S. The van der Waals surface area contributed by atoms with Gasteiger partial charge in [-0.05, 0) is 42.5 Å². The zero-order valence-corrected chi connectivity index (χ0v) is 17.9. The molecule has 2 N–H and O–H groups in total. The lowest BCUT2D eigenvalue weighted by Gasteiger charge is -2.22. The van der Waals surface area contributed by atoms with Crippen LogP contribution >= 0.6 is 11.3 Å². The van der Waals surface area contributed by atoms with E-state index in [1.165, 1.54) is 0 Å². The monoisotopic (exact) mass is 427 g/mol. The lowest BCUT2D eigenvalue weighted by Crippen LogP contribution is -2.19. The number of aromatic nitrogens is 2. The second-order valence-corrected chi connectivity index (χ2v) is 8.15. The molecule has 0 radical (unpaired) electrons. The Bertz CT molecular complexity index is 994. The highest BCUT2D eigenvalue weighted by molar-refractivity contribution is 7.10. The largest absolute Gasteiger partial charge is 0.493 e. The van der Waals surface area contributed by atoms with Crippen molar-refractivity contribution >= 4 is 22.9 Å².